The van der Waals surface area contributed by atoms with Gasteiger partial charge in [0.05, 0.1) is 0 Å². The number of rotatable bonds is 1. The number of fused-ring (bicyclic) bond motifs is 1. The fourth-order valence-electron chi connectivity index (χ4n) is 1.64. The molecule has 1 aromatic rings. The summed E-state index contributed by atoms with van der Waals surface area (Å²) >= 11 is 0. The number of anilines is 1. The van der Waals surface area contributed by atoms with E-state index in [0.717, 1.165) is 18.8 Å². The number of hydrogen-bond donors (Lipinski definition) is 0. The van der Waals surface area contributed by atoms with E-state index < -0.39 is 0 Å². The third-order valence-electron chi connectivity index (χ3n) is 2.28. The van der Waals surface area contributed by atoms with Gasteiger partial charge in [0.2, 0.25) is 0 Å². The first-order valence-electron chi connectivity index (χ1n) is 4.34. The average molecular weight is 163 g/mol. The highest BCUT2D eigenvalue weighted by Gasteiger charge is 2.21. The summed E-state index contributed by atoms with van der Waals surface area (Å²) in [5, 5.41) is 0. The van der Waals surface area contributed by atoms with Crippen LogP contribution in [0.15, 0.2) is 12.5 Å². The lowest BCUT2D eigenvalue weighted by molar-refractivity contribution is 0.702. The molecule has 0 atom stereocenters. The van der Waals surface area contributed by atoms with Crippen molar-refractivity contribution in [1.82, 2.24) is 9.97 Å². The second kappa shape index (κ2) is 2.73. The Kier molecular flexibility index (Phi) is 1.71. The van der Waals surface area contributed by atoms with Crippen LogP contribution in [0.4, 0.5) is 5.82 Å². The maximum absolute atomic E-state index is 4.28. The van der Waals surface area contributed by atoms with Crippen molar-refractivity contribution >= 4 is 5.82 Å². The van der Waals surface area contributed by atoms with Gasteiger partial charge in [-0.2, -0.15) is 0 Å². The summed E-state index contributed by atoms with van der Waals surface area (Å²) in [6.07, 6.45) is 4.64. The van der Waals surface area contributed by atoms with Crippen LogP contribution in [0.1, 0.15) is 19.4 Å². The molecule has 0 aliphatic carbocycles. The van der Waals surface area contributed by atoms with Gasteiger partial charge in [-0.1, -0.05) is 0 Å². The van der Waals surface area contributed by atoms with E-state index in [0.29, 0.717) is 6.04 Å². The van der Waals surface area contributed by atoms with Crippen LogP contribution >= 0.6 is 0 Å². The van der Waals surface area contributed by atoms with E-state index in [4.69, 9.17) is 0 Å². The number of hydrogen-bond acceptors (Lipinski definition) is 3. The maximum Gasteiger partial charge on any atom is 0.135 e. The van der Waals surface area contributed by atoms with Crippen LogP contribution in [0.3, 0.4) is 0 Å². The van der Waals surface area contributed by atoms with Gasteiger partial charge in [0, 0.05) is 24.3 Å². The minimum Gasteiger partial charge on any atom is -0.354 e. The molecule has 0 radical (unpaired) electrons. The smallest absolute Gasteiger partial charge is 0.135 e. The van der Waals surface area contributed by atoms with Crippen LogP contribution in [0.25, 0.3) is 0 Å². The van der Waals surface area contributed by atoms with Crippen molar-refractivity contribution in [3.05, 3.63) is 18.1 Å². The summed E-state index contributed by atoms with van der Waals surface area (Å²) in [6.45, 7) is 5.47. The van der Waals surface area contributed by atoms with Gasteiger partial charge < -0.3 is 4.90 Å². The normalized spacial score (nSPS) is 15.4. The van der Waals surface area contributed by atoms with Crippen LogP contribution < -0.4 is 4.90 Å². The highest BCUT2D eigenvalue weighted by molar-refractivity contribution is 5.50. The molecule has 0 spiro atoms. The summed E-state index contributed by atoms with van der Waals surface area (Å²) in [5.41, 5.74) is 1.28. The first-order valence-corrected chi connectivity index (χ1v) is 4.34. The second-order valence-corrected chi connectivity index (χ2v) is 3.41. The Labute approximate surface area is 72.4 Å². The molecule has 1 aliphatic heterocycles. The minimum atomic E-state index is 0.543. The van der Waals surface area contributed by atoms with Crippen molar-refractivity contribution in [2.45, 2.75) is 26.3 Å². The van der Waals surface area contributed by atoms with Gasteiger partial charge >= 0.3 is 0 Å². The predicted molar refractivity (Wildman–Crippen MR) is 48.2 cm³/mol. The van der Waals surface area contributed by atoms with E-state index in [2.05, 4.69) is 28.7 Å². The average Bonchev–Trinajstić information content (AvgIpc) is 2.47. The molecule has 0 saturated heterocycles. The van der Waals surface area contributed by atoms with Crippen LogP contribution in [-0.2, 0) is 6.42 Å². The van der Waals surface area contributed by atoms with E-state index in [1.807, 2.05) is 6.20 Å². The molecular weight excluding hydrogens is 150 g/mol. The minimum absolute atomic E-state index is 0.543. The van der Waals surface area contributed by atoms with Crippen LogP contribution in [0, 0.1) is 0 Å². The van der Waals surface area contributed by atoms with E-state index >= 15 is 0 Å². The van der Waals surface area contributed by atoms with Crippen molar-refractivity contribution in [2.24, 2.45) is 0 Å². The number of nitrogens with zero attached hydrogens (tertiary/aromatic N) is 3. The Morgan fingerprint density at radius 3 is 3.08 bits per heavy atom. The molecule has 3 heteroatoms. The SMILES string of the molecule is CC(C)N1CCc2cncnc21. The fourth-order valence-corrected chi connectivity index (χ4v) is 1.64. The zero-order valence-electron chi connectivity index (χ0n) is 7.49. The summed E-state index contributed by atoms with van der Waals surface area (Å²) in [5.74, 6) is 1.13. The third kappa shape index (κ3) is 1.05. The van der Waals surface area contributed by atoms with Crippen LogP contribution in [0.2, 0.25) is 0 Å². The summed E-state index contributed by atoms with van der Waals surface area (Å²) < 4.78 is 0. The highest BCUT2D eigenvalue weighted by Crippen LogP contribution is 2.25. The monoisotopic (exact) mass is 163 g/mol. The Balaban J connectivity index is 2.36. The Hall–Kier alpha value is -1.12. The molecule has 3 nitrogen and oxygen atoms in total. The van der Waals surface area contributed by atoms with Gasteiger partial charge in [0.15, 0.2) is 0 Å². The lowest BCUT2D eigenvalue weighted by Gasteiger charge is -2.22. The molecular formula is C9H13N3. The molecule has 0 amide bonds. The molecule has 0 bridgehead atoms. The Morgan fingerprint density at radius 2 is 2.33 bits per heavy atom. The zero-order valence-corrected chi connectivity index (χ0v) is 7.49. The van der Waals surface area contributed by atoms with Crippen LogP contribution in [-0.4, -0.2) is 22.6 Å². The molecule has 0 fully saturated rings. The molecule has 1 aliphatic rings. The first kappa shape index (κ1) is 7.53. The summed E-state index contributed by atoms with van der Waals surface area (Å²) in [7, 11) is 0. The van der Waals surface area contributed by atoms with Gasteiger partial charge in [-0.15, -0.1) is 0 Å². The number of aromatic nitrogens is 2. The van der Waals surface area contributed by atoms with E-state index in [-0.39, 0.29) is 0 Å². The lowest BCUT2D eigenvalue weighted by atomic mass is 10.3. The molecule has 64 valence electrons. The summed E-state index contributed by atoms with van der Waals surface area (Å²) in [6, 6.07) is 0.543. The van der Waals surface area contributed by atoms with Gasteiger partial charge in [0.1, 0.15) is 12.1 Å². The van der Waals surface area contributed by atoms with E-state index in [9.17, 15) is 0 Å². The largest absolute Gasteiger partial charge is 0.354 e. The molecule has 1 aromatic heterocycles. The molecule has 2 heterocycles. The maximum atomic E-state index is 4.28. The van der Waals surface area contributed by atoms with Crippen LogP contribution in [0.5, 0.6) is 0 Å². The van der Waals surface area contributed by atoms with Gasteiger partial charge in [-0.05, 0) is 20.3 Å². The molecule has 0 N–H and O–H groups in total. The third-order valence-corrected chi connectivity index (χ3v) is 2.28. The predicted octanol–water partition coefficient (Wildman–Crippen LogP) is 1.25. The van der Waals surface area contributed by atoms with Crippen molar-refractivity contribution in [3.63, 3.8) is 0 Å². The van der Waals surface area contributed by atoms with E-state index in [1.54, 1.807) is 6.33 Å². The standard InChI is InChI=1S/C9H13N3/c1-7(2)12-4-3-8-5-10-6-11-9(8)12/h5-7H,3-4H2,1-2H3. The Morgan fingerprint density at radius 1 is 1.50 bits per heavy atom. The second-order valence-electron chi connectivity index (χ2n) is 3.41. The van der Waals surface area contributed by atoms with Crippen molar-refractivity contribution in [1.29, 1.82) is 0 Å². The van der Waals surface area contributed by atoms with Crippen molar-refractivity contribution in [2.75, 3.05) is 11.4 Å². The first-order chi connectivity index (χ1) is 5.79. The van der Waals surface area contributed by atoms with Gasteiger partial charge in [-0.25, -0.2) is 9.97 Å². The topological polar surface area (TPSA) is 29.0 Å². The zero-order chi connectivity index (χ0) is 8.55. The van der Waals surface area contributed by atoms with Crippen molar-refractivity contribution < 1.29 is 0 Å². The molecule has 0 saturated carbocycles. The molecule has 12 heavy (non-hydrogen) atoms. The molecule has 0 aromatic carbocycles. The lowest BCUT2D eigenvalue weighted by Crippen LogP contribution is -2.28. The fraction of sp³-hybridized carbons (Fsp3) is 0.556. The molecule has 0 unspecified atom stereocenters. The van der Waals surface area contributed by atoms with Gasteiger partial charge in [0.25, 0.3) is 0 Å². The summed E-state index contributed by atoms with van der Waals surface area (Å²) in [4.78, 5) is 10.6. The quantitative estimate of drug-likeness (QED) is 0.624. The highest BCUT2D eigenvalue weighted by atomic mass is 15.2. The molecule has 2 rings (SSSR count). The Bertz CT molecular complexity index is 283. The van der Waals surface area contributed by atoms with Crippen molar-refractivity contribution in [3.8, 4) is 0 Å². The van der Waals surface area contributed by atoms with Gasteiger partial charge in [-0.3, -0.25) is 0 Å². The van der Waals surface area contributed by atoms with E-state index in [1.165, 1.54) is 5.56 Å².